The lowest BCUT2D eigenvalue weighted by Crippen LogP contribution is -2.25. The zero-order valence-electron chi connectivity index (χ0n) is 10.9. The third-order valence-electron chi connectivity index (χ3n) is 2.34. The number of hydroxylamine groups is 2. The molecule has 0 aliphatic carbocycles. The van der Waals surface area contributed by atoms with Crippen LogP contribution in [-0.2, 0) is 4.84 Å². The average molecular weight is 275 g/mol. The first-order valence-electron chi connectivity index (χ1n) is 5.40. The number of halogens is 2. The number of ether oxygens (including phenoxy) is 2. The molecular formula is C12H15F2NO4. The van der Waals surface area contributed by atoms with Crippen molar-refractivity contribution < 1.29 is 27.9 Å². The molecule has 0 N–H and O–H groups in total. The van der Waals surface area contributed by atoms with Crippen LogP contribution < -0.4 is 9.47 Å². The second kappa shape index (κ2) is 6.89. The summed E-state index contributed by atoms with van der Waals surface area (Å²) in [6.07, 6.45) is -2.58. The summed E-state index contributed by atoms with van der Waals surface area (Å²) in [6.45, 7) is -0.734. The zero-order valence-corrected chi connectivity index (χ0v) is 10.9. The van der Waals surface area contributed by atoms with Gasteiger partial charge in [-0.2, -0.15) is 0 Å². The standard InChI is InChI=1S/C12H15F2NO4/c1-15(18-3)12(16)8-4-5-9(10(6-8)17-2)19-7-11(13)14/h4-6,11H,7H2,1-3H3. The van der Waals surface area contributed by atoms with Crippen LogP contribution >= 0.6 is 0 Å². The van der Waals surface area contributed by atoms with E-state index in [1.165, 1.54) is 39.5 Å². The number of nitrogens with zero attached hydrogens (tertiary/aromatic N) is 1. The fourth-order valence-corrected chi connectivity index (χ4v) is 1.34. The molecule has 0 bridgehead atoms. The number of alkyl halides is 2. The van der Waals surface area contributed by atoms with Crippen LogP contribution in [0.3, 0.4) is 0 Å². The van der Waals surface area contributed by atoms with Crippen molar-refractivity contribution in [3.63, 3.8) is 0 Å². The molecule has 0 unspecified atom stereocenters. The Kier molecular flexibility index (Phi) is 5.50. The number of methoxy groups -OCH3 is 1. The van der Waals surface area contributed by atoms with Crippen LogP contribution in [0.4, 0.5) is 8.78 Å². The van der Waals surface area contributed by atoms with Crippen molar-refractivity contribution in [1.29, 1.82) is 0 Å². The van der Waals surface area contributed by atoms with Crippen molar-refractivity contribution in [3.05, 3.63) is 23.8 Å². The van der Waals surface area contributed by atoms with Crippen LogP contribution in [0.5, 0.6) is 11.5 Å². The molecule has 0 radical (unpaired) electrons. The molecule has 1 aromatic carbocycles. The molecule has 1 rings (SSSR count). The second-order valence-corrected chi connectivity index (χ2v) is 3.55. The summed E-state index contributed by atoms with van der Waals surface area (Å²) in [7, 11) is 4.17. The summed E-state index contributed by atoms with van der Waals surface area (Å²) in [4.78, 5) is 16.6. The quantitative estimate of drug-likeness (QED) is 0.745. The fraction of sp³-hybridized carbons (Fsp3) is 0.417. The molecule has 0 aromatic heterocycles. The van der Waals surface area contributed by atoms with Crippen molar-refractivity contribution >= 4 is 5.91 Å². The highest BCUT2D eigenvalue weighted by Gasteiger charge is 2.15. The van der Waals surface area contributed by atoms with Crippen molar-refractivity contribution in [2.24, 2.45) is 0 Å². The molecule has 0 atom stereocenters. The van der Waals surface area contributed by atoms with E-state index >= 15 is 0 Å². The van der Waals surface area contributed by atoms with E-state index in [4.69, 9.17) is 14.3 Å². The molecule has 1 amide bonds. The predicted molar refractivity (Wildman–Crippen MR) is 63.6 cm³/mol. The van der Waals surface area contributed by atoms with Gasteiger partial charge in [-0.3, -0.25) is 9.63 Å². The molecular weight excluding hydrogens is 260 g/mol. The Hall–Kier alpha value is -1.89. The predicted octanol–water partition coefficient (Wildman–Crippen LogP) is 1.97. The van der Waals surface area contributed by atoms with Gasteiger partial charge in [0, 0.05) is 12.6 Å². The minimum absolute atomic E-state index is 0.152. The number of hydrogen-bond donors (Lipinski definition) is 0. The molecule has 0 aliphatic heterocycles. The zero-order chi connectivity index (χ0) is 14.4. The summed E-state index contributed by atoms with van der Waals surface area (Å²) >= 11 is 0. The van der Waals surface area contributed by atoms with Crippen LogP contribution in [0.2, 0.25) is 0 Å². The first-order valence-corrected chi connectivity index (χ1v) is 5.40. The molecule has 0 fully saturated rings. The maximum absolute atomic E-state index is 12.1. The van der Waals surface area contributed by atoms with E-state index in [0.717, 1.165) is 5.06 Å². The molecule has 0 saturated carbocycles. The Morgan fingerprint density at radius 1 is 1.32 bits per heavy atom. The van der Waals surface area contributed by atoms with Crippen molar-refractivity contribution in [2.45, 2.75) is 6.43 Å². The van der Waals surface area contributed by atoms with Gasteiger partial charge in [0.1, 0.15) is 6.61 Å². The Labute approximate surface area is 109 Å². The fourth-order valence-electron chi connectivity index (χ4n) is 1.34. The van der Waals surface area contributed by atoms with Crippen LogP contribution in [-0.4, -0.2) is 45.3 Å². The van der Waals surface area contributed by atoms with Gasteiger partial charge in [0.25, 0.3) is 12.3 Å². The summed E-state index contributed by atoms with van der Waals surface area (Å²) in [5.74, 6) is -0.0309. The average Bonchev–Trinajstić information content (AvgIpc) is 2.43. The number of carbonyl (C=O) groups excluding carboxylic acids is 1. The van der Waals surface area contributed by atoms with E-state index in [2.05, 4.69) is 0 Å². The van der Waals surface area contributed by atoms with Gasteiger partial charge >= 0.3 is 0 Å². The van der Waals surface area contributed by atoms with Gasteiger partial charge < -0.3 is 9.47 Å². The minimum atomic E-state index is -2.58. The third kappa shape index (κ3) is 4.06. The lowest BCUT2D eigenvalue weighted by Gasteiger charge is -2.15. The van der Waals surface area contributed by atoms with Gasteiger partial charge in [-0.25, -0.2) is 13.8 Å². The lowest BCUT2D eigenvalue weighted by molar-refractivity contribution is -0.0757. The smallest absolute Gasteiger partial charge is 0.277 e. The molecule has 0 saturated heterocycles. The Morgan fingerprint density at radius 2 is 2.00 bits per heavy atom. The number of amides is 1. The van der Waals surface area contributed by atoms with Gasteiger partial charge in [0.2, 0.25) is 0 Å². The van der Waals surface area contributed by atoms with Gasteiger partial charge in [-0.05, 0) is 18.2 Å². The molecule has 106 valence electrons. The first-order chi connectivity index (χ1) is 8.99. The molecule has 19 heavy (non-hydrogen) atoms. The number of benzene rings is 1. The molecule has 1 aromatic rings. The van der Waals surface area contributed by atoms with Crippen LogP contribution in [0.15, 0.2) is 18.2 Å². The maximum Gasteiger partial charge on any atom is 0.277 e. The Bertz CT molecular complexity index is 440. The summed E-state index contributed by atoms with van der Waals surface area (Å²) < 4.78 is 34.0. The SMILES string of the molecule is COc1cc(C(=O)N(C)OC)ccc1OCC(F)F. The Balaban J connectivity index is 2.92. The molecule has 7 heteroatoms. The van der Waals surface area contributed by atoms with Crippen LogP contribution in [0.25, 0.3) is 0 Å². The van der Waals surface area contributed by atoms with Crippen molar-refractivity contribution in [3.8, 4) is 11.5 Å². The summed E-state index contributed by atoms with van der Waals surface area (Å²) in [6, 6.07) is 4.25. The topological polar surface area (TPSA) is 48.0 Å². The number of carbonyl (C=O) groups is 1. The highest BCUT2D eigenvalue weighted by molar-refractivity contribution is 5.94. The lowest BCUT2D eigenvalue weighted by atomic mass is 10.2. The normalized spacial score (nSPS) is 10.4. The molecule has 0 heterocycles. The molecule has 0 aliphatic rings. The first kappa shape index (κ1) is 15.2. The van der Waals surface area contributed by atoms with E-state index in [9.17, 15) is 13.6 Å². The molecule has 0 spiro atoms. The van der Waals surface area contributed by atoms with Crippen molar-refractivity contribution in [1.82, 2.24) is 5.06 Å². The number of rotatable bonds is 6. The maximum atomic E-state index is 12.1. The van der Waals surface area contributed by atoms with E-state index in [1.54, 1.807) is 0 Å². The second-order valence-electron chi connectivity index (χ2n) is 3.55. The third-order valence-corrected chi connectivity index (χ3v) is 2.34. The molecule has 5 nitrogen and oxygen atoms in total. The van der Waals surface area contributed by atoms with Crippen LogP contribution in [0.1, 0.15) is 10.4 Å². The highest BCUT2D eigenvalue weighted by atomic mass is 19.3. The van der Waals surface area contributed by atoms with Gasteiger partial charge in [-0.1, -0.05) is 0 Å². The van der Waals surface area contributed by atoms with Crippen molar-refractivity contribution in [2.75, 3.05) is 27.9 Å². The monoisotopic (exact) mass is 275 g/mol. The summed E-state index contributed by atoms with van der Waals surface area (Å²) in [5.41, 5.74) is 0.297. The summed E-state index contributed by atoms with van der Waals surface area (Å²) in [5, 5.41) is 1.04. The van der Waals surface area contributed by atoms with Crippen LogP contribution in [0, 0.1) is 0 Å². The van der Waals surface area contributed by atoms with Gasteiger partial charge in [0.05, 0.1) is 14.2 Å². The van der Waals surface area contributed by atoms with E-state index in [-0.39, 0.29) is 17.4 Å². The minimum Gasteiger partial charge on any atom is -0.493 e. The Morgan fingerprint density at radius 3 is 2.53 bits per heavy atom. The van der Waals surface area contributed by atoms with E-state index in [1.807, 2.05) is 0 Å². The largest absolute Gasteiger partial charge is 0.493 e. The highest BCUT2D eigenvalue weighted by Crippen LogP contribution is 2.28. The number of hydrogen-bond acceptors (Lipinski definition) is 4. The van der Waals surface area contributed by atoms with E-state index in [0.29, 0.717) is 5.56 Å². The van der Waals surface area contributed by atoms with Gasteiger partial charge in [0.15, 0.2) is 11.5 Å². The van der Waals surface area contributed by atoms with Gasteiger partial charge in [-0.15, -0.1) is 0 Å². The van der Waals surface area contributed by atoms with E-state index < -0.39 is 13.0 Å².